The van der Waals surface area contributed by atoms with Crippen LogP contribution in [-0.2, 0) is 30.4 Å². The zero-order chi connectivity index (χ0) is 25.0. The second-order valence-corrected chi connectivity index (χ2v) is 8.02. The van der Waals surface area contributed by atoms with Crippen LogP contribution in [0.1, 0.15) is 18.4 Å². The fourth-order valence-corrected chi connectivity index (χ4v) is 3.23. The van der Waals surface area contributed by atoms with E-state index in [4.69, 9.17) is 10.8 Å². The monoisotopic (exact) mass is 484 g/mol. The Morgan fingerprint density at radius 3 is 2.03 bits per heavy atom. The van der Waals surface area contributed by atoms with Crippen LogP contribution in [0.25, 0.3) is 0 Å². The molecule has 1 rings (SSSR count). The maximum absolute atomic E-state index is 12.8. The molecular formula is C20H28N4O8S. The smallest absolute Gasteiger partial charge is 0.326 e. The third-order valence-corrected chi connectivity index (χ3v) is 5.09. The van der Waals surface area contributed by atoms with Gasteiger partial charge in [0.2, 0.25) is 17.7 Å². The van der Waals surface area contributed by atoms with E-state index >= 15 is 0 Å². The number of hydrogen-bond acceptors (Lipinski definition) is 8. The van der Waals surface area contributed by atoms with Crippen molar-refractivity contribution in [3.05, 3.63) is 29.8 Å². The molecule has 8 N–H and O–H groups in total. The Kier molecular flexibility index (Phi) is 11.7. The number of carbonyl (C=O) groups excluding carboxylic acids is 3. The lowest BCUT2D eigenvalue weighted by atomic mass is 10.0. The average Bonchev–Trinajstić information content (AvgIpc) is 2.76. The molecule has 0 fully saturated rings. The molecule has 0 radical (unpaired) electrons. The molecule has 0 bridgehead atoms. The molecule has 0 aliphatic rings. The SMILES string of the molecule is CSCCC(NC(=O)C(CC(=O)O)NC(=O)CN)C(=O)NC(Cc1ccc(O)cc1)C(=O)O. The average molecular weight is 485 g/mol. The lowest BCUT2D eigenvalue weighted by Crippen LogP contribution is -2.57. The number of carboxylic acid groups (broad SMARTS) is 2. The van der Waals surface area contributed by atoms with Crippen molar-refractivity contribution in [3.63, 3.8) is 0 Å². The number of aromatic hydroxyl groups is 1. The summed E-state index contributed by atoms with van der Waals surface area (Å²) >= 11 is 1.39. The van der Waals surface area contributed by atoms with Crippen molar-refractivity contribution in [3.8, 4) is 5.75 Å². The summed E-state index contributed by atoms with van der Waals surface area (Å²) in [4.78, 5) is 59.7. The summed E-state index contributed by atoms with van der Waals surface area (Å²) in [6.45, 7) is -0.461. The number of nitrogens with one attached hydrogen (secondary N) is 3. The van der Waals surface area contributed by atoms with E-state index in [1.165, 1.54) is 36.0 Å². The Bertz CT molecular complexity index is 849. The van der Waals surface area contributed by atoms with Crippen LogP contribution in [0.5, 0.6) is 5.75 Å². The molecule has 0 spiro atoms. The maximum Gasteiger partial charge on any atom is 0.326 e. The van der Waals surface area contributed by atoms with Crippen LogP contribution in [0.15, 0.2) is 24.3 Å². The minimum Gasteiger partial charge on any atom is -0.508 e. The van der Waals surface area contributed by atoms with Gasteiger partial charge in [-0.3, -0.25) is 19.2 Å². The van der Waals surface area contributed by atoms with Crippen LogP contribution < -0.4 is 21.7 Å². The highest BCUT2D eigenvalue weighted by molar-refractivity contribution is 7.98. The summed E-state index contributed by atoms with van der Waals surface area (Å²) in [5.41, 5.74) is 5.75. The van der Waals surface area contributed by atoms with Gasteiger partial charge in [-0.25, -0.2) is 4.79 Å². The topological polar surface area (TPSA) is 208 Å². The standard InChI is InChI=1S/C20H28N4O8S/c1-33-7-6-13(23-19(30)14(9-17(27)28)22-16(26)10-21)18(29)24-15(20(31)32)8-11-2-4-12(25)5-3-11/h2-5,13-15,25H,6-10,21H2,1H3,(H,22,26)(H,23,30)(H,24,29)(H,27,28)(H,31,32). The molecule has 13 heteroatoms. The number of nitrogens with two attached hydrogens (primary N) is 1. The Balaban J connectivity index is 2.96. The summed E-state index contributed by atoms with van der Waals surface area (Å²) in [6, 6.07) is 1.85. The molecule has 0 aliphatic heterocycles. The number of aliphatic carboxylic acids is 2. The number of rotatable bonds is 14. The van der Waals surface area contributed by atoms with Crippen LogP contribution in [-0.4, -0.2) is 81.7 Å². The largest absolute Gasteiger partial charge is 0.508 e. The van der Waals surface area contributed by atoms with Crippen LogP contribution >= 0.6 is 11.8 Å². The summed E-state index contributed by atoms with van der Waals surface area (Å²) in [7, 11) is 0. The molecule has 12 nitrogen and oxygen atoms in total. The maximum atomic E-state index is 12.8. The summed E-state index contributed by atoms with van der Waals surface area (Å²) in [5.74, 6) is -4.64. The van der Waals surface area contributed by atoms with Crippen molar-refractivity contribution < 1.29 is 39.3 Å². The van der Waals surface area contributed by atoms with Crippen molar-refractivity contribution >= 4 is 41.4 Å². The Labute approximate surface area is 194 Å². The Hall–Kier alpha value is -3.32. The van der Waals surface area contributed by atoms with Gasteiger partial charge in [-0.15, -0.1) is 0 Å². The van der Waals surface area contributed by atoms with Gasteiger partial charge in [-0.1, -0.05) is 12.1 Å². The van der Waals surface area contributed by atoms with E-state index in [2.05, 4.69) is 16.0 Å². The molecule has 0 aromatic heterocycles. The van der Waals surface area contributed by atoms with E-state index in [0.29, 0.717) is 11.3 Å². The fourth-order valence-electron chi connectivity index (χ4n) is 2.75. The third-order valence-electron chi connectivity index (χ3n) is 4.45. The van der Waals surface area contributed by atoms with Crippen molar-refractivity contribution in [2.75, 3.05) is 18.6 Å². The number of benzene rings is 1. The van der Waals surface area contributed by atoms with E-state index in [9.17, 15) is 34.2 Å². The van der Waals surface area contributed by atoms with Crippen LogP contribution in [0.2, 0.25) is 0 Å². The van der Waals surface area contributed by atoms with Crippen molar-refractivity contribution in [2.45, 2.75) is 37.4 Å². The van der Waals surface area contributed by atoms with Gasteiger partial charge in [0.1, 0.15) is 23.9 Å². The second kappa shape index (κ2) is 14.0. The van der Waals surface area contributed by atoms with Gasteiger partial charge in [0, 0.05) is 6.42 Å². The summed E-state index contributed by atoms with van der Waals surface area (Å²) < 4.78 is 0. The third kappa shape index (κ3) is 10.2. The molecule has 0 saturated heterocycles. The minimum absolute atomic E-state index is 0.00662. The second-order valence-electron chi connectivity index (χ2n) is 7.03. The van der Waals surface area contributed by atoms with Gasteiger partial charge in [-0.2, -0.15) is 11.8 Å². The molecule has 33 heavy (non-hydrogen) atoms. The highest BCUT2D eigenvalue weighted by atomic mass is 32.2. The zero-order valence-electron chi connectivity index (χ0n) is 17.9. The number of phenolic OH excluding ortho intramolecular Hbond substituents is 1. The number of carboxylic acids is 2. The van der Waals surface area contributed by atoms with Crippen molar-refractivity contribution in [2.24, 2.45) is 5.73 Å². The quantitative estimate of drug-likeness (QED) is 0.165. The van der Waals surface area contributed by atoms with Gasteiger partial charge in [0.25, 0.3) is 0 Å². The molecule has 1 aromatic carbocycles. The number of hydrogen-bond donors (Lipinski definition) is 7. The van der Waals surface area contributed by atoms with Gasteiger partial charge in [0.05, 0.1) is 13.0 Å². The Morgan fingerprint density at radius 2 is 1.52 bits per heavy atom. The zero-order valence-corrected chi connectivity index (χ0v) is 18.8. The number of thioether (sulfide) groups is 1. The Morgan fingerprint density at radius 1 is 0.939 bits per heavy atom. The van der Waals surface area contributed by atoms with E-state index in [0.717, 1.165) is 0 Å². The van der Waals surface area contributed by atoms with Crippen molar-refractivity contribution in [1.82, 2.24) is 16.0 Å². The predicted octanol–water partition coefficient (Wildman–Crippen LogP) is -1.34. The highest BCUT2D eigenvalue weighted by Gasteiger charge is 2.30. The molecule has 3 amide bonds. The molecule has 0 saturated carbocycles. The molecule has 3 atom stereocenters. The first-order valence-electron chi connectivity index (χ1n) is 9.89. The van der Waals surface area contributed by atoms with Gasteiger partial charge in [0.15, 0.2) is 0 Å². The summed E-state index contributed by atoms with van der Waals surface area (Å²) in [6.07, 6.45) is 1.11. The molecular weight excluding hydrogens is 456 g/mol. The van der Waals surface area contributed by atoms with Gasteiger partial charge >= 0.3 is 11.9 Å². The lowest BCUT2D eigenvalue weighted by molar-refractivity contribution is -0.143. The van der Waals surface area contributed by atoms with E-state index in [1.54, 1.807) is 6.26 Å². The first-order valence-corrected chi connectivity index (χ1v) is 11.3. The number of amides is 3. The van der Waals surface area contributed by atoms with E-state index in [-0.39, 0.29) is 18.6 Å². The lowest BCUT2D eigenvalue weighted by Gasteiger charge is -2.24. The molecule has 1 aromatic rings. The molecule has 0 heterocycles. The first-order chi connectivity index (χ1) is 15.6. The highest BCUT2D eigenvalue weighted by Crippen LogP contribution is 2.12. The van der Waals surface area contributed by atoms with Crippen LogP contribution in [0.3, 0.4) is 0 Å². The van der Waals surface area contributed by atoms with E-state index < -0.39 is 60.8 Å². The van der Waals surface area contributed by atoms with Crippen LogP contribution in [0.4, 0.5) is 0 Å². The number of carbonyl (C=O) groups is 5. The first kappa shape index (κ1) is 27.7. The number of phenols is 1. The van der Waals surface area contributed by atoms with Crippen molar-refractivity contribution in [1.29, 1.82) is 0 Å². The predicted molar refractivity (Wildman–Crippen MR) is 120 cm³/mol. The van der Waals surface area contributed by atoms with Gasteiger partial charge in [-0.05, 0) is 36.1 Å². The summed E-state index contributed by atoms with van der Waals surface area (Å²) in [5, 5.41) is 34.8. The van der Waals surface area contributed by atoms with Crippen LogP contribution in [0, 0.1) is 0 Å². The van der Waals surface area contributed by atoms with E-state index in [1.807, 2.05) is 0 Å². The fraction of sp³-hybridized carbons (Fsp3) is 0.450. The molecule has 3 unspecified atom stereocenters. The minimum atomic E-state index is -1.46. The van der Waals surface area contributed by atoms with Gasteiger partial charge < -0.3 is 37.0 Å². The molecule has 182 valence electrons. The molecule has 0 aliphatic carbocycles. The normalized spacial score (nSPS) is 13.3.